The molecule has 3 aliphatic rings. The quantitative estimate of drug-likeness (QED) is 0.682. The molecule has 3 aliphatic carbocycles. The van der Waals surface area contributed by atoms with E-state index < -0.39 is 5.91 Å². The second kappa shape index (κ2) is 7.83. The SMILES string of the molecule is C[C@@H]1[C@H]2C[C@@H](C[C@H]1NCCOc1ccc(-c3cccc(C(N)=O)c3)cc1)C2(C)C. The molecule has 154 valence electrons. The van der Waals surface area contributed by atoms with Gasteiger partial charge in [-0.1, -0.05) is 45.0 Å². The molecule has 2 aromatic rings. The standard InChI is InChI=1S/C25H32N2O2/c1-16-22-14-20(25(22,2)3)15-23(16)27-11-12-29-21-9-7-17(8-10-21)18-5-4-6-19(13-18)24(26)28/h4-10,13,16,20,22-23,27H,11-12,14-15H2,1-3H3,(H2,26,28)/t16-,20+,22-,23-/m1/s1. The van der Waals surface area contributed by atoms with E-state index in [0.29, 0.717) is 23.6 Å². The monoisotopic (exact) mass is 392 g/mol. The number of hydrogen-bond acceptors (Lipinski definition) is 3. The van der Waals surface area contributed by atoms with Crippen LogP contribution >= 0.6 is 0 Å². The van der Waals surface area contributed by atoms with E-state index in [0.717, 1.165) is 41.2 Å². The zero-order valence-corrected chi connectivity index (χ0v) is 17.7. The molecule has 4 nitrogen and oxygen atoms in total. The van der Waals surface area contributed by atoms with Crippen LogP contribution in [0.25, 0.3) is 11.1 Å². The highest BCUT2D eigenvalue weighted by molar-refractivity contribution is 5.94. The Morgan fingerprint density at radius 1 is 1.14 bits per heavy atom. The van der Waals surface area contributed by atoms with Crippen molar-refractivity contribution in [1.29, 1.82) is 0 Å². The van der Waals surface area contributed by atoms with Crippen molar-refractivity contribution in [2.45, 2.75) is 39.7 Å². The van der Waals surface area contributed by atoms with Gasteiger partial charge in [-0.25, -0.2) is 0 Å². The van der Waals surface area contributed by atoms with Crippen molar-refractivity contribution in [1.82, 2.24) is 5.32 Å². The third-order valence-electron chi connectivity index (χ3n) is 7.47. The van der Waals surface area contributed by atoms with Gasteiger partial charge in [0.25, 0.3) is 0 Å². The summed E-state index contributed by atoms with van der Waals surface area (Å²) in [6.07, 6.45) is 2.71. The number of primary amides is 1. The van der Waals surface area contributed by atoms with Crippen molar-refractivity contribution in [3.63, 3.8) is 0 Å². The molecular formula is C25H32N2O2. The zero-order chi connectivity index (χ0) is 20.6. The van der Waals surface area contributed by atoms with Gasteiger partial charge in [0.1, 0.15) is 12.4 Å². The van der Waals surface area contributed by atoms with Crippen LogP contribution in [0.4, 0.5) is 0 Å². The van der Waals surface area contributed by atoms with Gasteiger partial charge in [-0.15, -0.1) is 0 Å². The third kappa shape index (κ3) is 3.91. The molecule has 2 bridgehead atoms. The van der Waals surface area contributed by atoms with Crippen LogP contribution < -0.4 is 15.8 Å². The predicted octanol–water partition coefficient (Wildman–Crippen LogP) is 4.49. The largest absolute Gasteiger partial charge is 0.492 e. The number of benzene rings is 2. The third-order valence-corrected chi connectivity index (χ3v) is 7.47. The second-order valence-corrected chi connectivity index (χ2v) is 9.33. The maximum atomic E-state index is 11.4. The molecule has 29 heavy (non-hydrogen) atoms. The average molecular weight is 393 g/mol. The van der Waals surface area contributed by atoms with Crippen molar-refractivity contribution in [2.75, 3.05) is 13.2 Å². The Labute approximate surface area is 173 Å². The molecule has 2 aromatic carbocycles. The van der Waals surface area contributed by atoms with Gasteiger partial charge in [-0.05, 0) is 71.4 Å². The minimum Gasteiger partial charge on any atom is -0.492 e. The summed E-state index contributed by atoms with van der Waals surface area (Å²) in [4.78, 5) is 11.4. The molecule has 1 amide bonds. The highest BCUT2D eigenvalue weighted by atomic mass is 16.5. The van der Waals surface area contributed by atoms with Crippen LogP contribution in [0.5, 0.6) is 5.75 Å². The Kier molecular flexibility index (Phi) is 5.39. The normalized spacial score (nSPS) is 27.1. The minimum absolute atomic E-state index is 0.410. The van der Waals surface area contributed by atoms with E-state index in [1.807, 2.05) is 42.5 Å². The van der Waals surface area contributed by atoms with Gasteiger partial charge in [0, 0.05) is 18.2 Å². The fourth-order valence-electron chi connectivity index (χ4n) is 5.43. The molecule has 3 saturated carbocycles. The number of hydrogen-bond donors (Lipinski definition) is 2. The summed E-state index contributed by atoms with van der Waals surface area (Å²) in [6, 6.07) is 16.0. The number of carbonyl (C=O) groups is 1. The Balaban J connectivity index is 1.26. The molecule has 0 spiro atoms. The van der Waals surface area contributed by atoms with Crippen LogP contribution in [0.2, 0.25) is 0 Å². The lowest BCUT2D eigenvalue weighted by Crippen LogP contribution is -2.60. The van der Waals surface area contributed by atoms with Gasteiger partial charge in [-0.2, -0.15) is 0 Å². The summed E-state index contributed by atoms with van der Waals surface area (Å²) in [6.45, 7) is 8.83. The molecule has 0 aliphatic heterocycles. The first-order valence-corrected chi connectivity index (χ1v) is 10.7. The number of carbonyl (C=O) groups excluding carboxylic acids is 1. The van der Waals surface area contributed by atoms with E-state index in [-0.39, 0.29) is 0 Å². The Morgan fingerprint density at radius 3 is 2.55 bits per heavy atom. The van der Waals surface area contributed by atoms with Crippen LogP contribution in [0, 0.1) is 23.2 Å². The first kappa shape index (κ1) is 20.0. The molecule has 0 unspecified atom stereocenters. The van der Waals surface area contributed by atoms with Crippen LogP contribution in [-0.2, 0) is 0 Å². The van der Waals surface area contributed by atoms with Crippen molar-refractivity contribution in [3.8, 4) is 16.9 Å². The molecule has 0 saturated heterocycles. The summed E-state index contributed by atoms with van der Waals surface area (Å²) in [5.41, 5.74) is 8.44. The average Bonchev–Trinajstić information content (AvgIpc) is 2.72. The molecule has 0 aromatic heterocycles. The molecule has 5 rings (SSSR count). The number of nitrogens with two attached hydrogens (primary N) is 1. The lowest BCUT2D eigenvalue weighted by atomic mass is 9.45. The summed E-state index contributed by atoms with van der Waals surface area (Å²) in [7, 11) is 0. The molecule has 0 heterocycles. The maximum absolute atomic E-state index is 11.4. The van der Waals surface area contributed by atoms with Crippen molar-refractivity contribution in [2.24, 2.45) is 28.9 Å². The molecule has 4 atom stereocenters. The lowest BCUT2D eigenvalue weighted by Gasteiger charge is -2.62. The van der Waals surface area contributed by atoms with E-state index in [1.54, 1.807) is 6.07 Å². The Bertz CT molecular complexity index is 875. The van der Waals surface area contributed by atoms with Crippen LogP contribution in [0.3, 0.4) is 0 Å². The van der Waals surface area contributed by atoms with Crippen molar-refractivity contribution < 1.29 is 9.53 Å². The fraction of sp³-hybridized carbons (Fsp3) is 0.480. The van der Waals surface area contributed by atoms with Crippen LogP contribution in [-0.4, -0.2) is 25.1 Å². The number of amides is 1. The molecule has 3 fully saturated rings. The predicted molar refractivity (Wildman–Crippen MR) is 117 cm³/mol. The minimum atomic E-state index is -0.410. The maximum Gasteiger partial charge on any atom is 0.248 e. The topological polar surface area (TPSA) is 64.3 Å². The molecule has 4 heteroatoms. The van der Waals surface area contributed by atoms with Crippen molar-refractivity contribution >= 4 is 5.91 Å². The van der Waals surface area contributed by atoms with Gasteiger partial charge in [-0.3, -0.25) is 4.79 Å². The van der Waals surface area contributed by atoms with E-state index in [1.165, 1.54) is 12.8 Å². The highest BCUT2D eigenvalue weighted by Crippen LogP contribution is 2.61. The number of ether oxygens (including phenoxy) is 1. The van der Waals surface area contributed by atoms with Crippen LogP contribution in [0.15, 0.2) is 48.5 Å². The summed E-state index contributed by atoms with van der Waals surface area (Å²) in [5.74, 6) is 2.93. The first-order chi connectivity index (χ1) is 13.9. The summed E-state index contributed by atoms with van der Waals surface area (Å²) in [5, 5.41) is 3.73. The Morgan fingerprint density at radius 2 is 1.90 bits per heavy atom. The van der Waals surface area contributed by atoms with E-state index in [9.17, 15) is 4.79 Å². The summed E-state index contributed by atoms with van der Waals surface area (Å²) >= 11 is 0. The van der Waals surface area contributed by atoms with E-state index in [2.05, 4.69) is 26.1 Å². The van der Waals surface area contributed by atoms with Crippen LogP contribution in [0.1, 0.15) is 44.0 Å². The second-order valence-electron chi connectivity index (χ2n) is 9.33. The zero-order valence-electron chi connectivity index (χ0n) is 17.7. The van der Waals surface area contributed by atoms with E-state index in [4.69, 9.17) is 10.5 Å². The lowest BCUT2D eigenvalue weighted by molar-refractivity contribution is -0.115. The summed E-state index contributed by atoms with van der Waals surface area (Å²) < 4.78 is 5.93. The van der Waals surface area contributed by atoms with E-state index >= 15 is 0 Å². The van der Waals surface area contributed by atoms with Crippen molar-refractivity contribution in [3.05, 3.63) is 54.1 Å². The number of rotatable bonds is 7. The Hall–Kier alpha value is -2.33. The number of nitrogens with one attached hydrogen (secondary N) is 1. The van der Waals surface area contributed by atoms with Gasteiger partial charge < -0.3 is 15.8 Å². The molecule has 0 radical (unpaired) electrons. The number of fused-ring (bicyclic) bond motifs is 2. The van der Waals surface area contributed by atoms with Gasteiger partial charge in [0.2, 0.25) is 5.91 Å². The highest BCUT2D eigenvalue weighted by Gasteiger charge is 2.55. The molecule has 3 N–H and O–H groups in total. The first-order valence-electron chi connectivity index (χ1n) is 10.7. The van der Waals surface area contributed by atoms with Gasteiger partial charge in [0.05, 0.1) is 0 Å². The molecular weight excluding hydrogens is 360 g/mol. The smallest absolute Gasteiger partial charge is 0.248 e. The van der Waals surface area contributed by atoms with Gasteiger partial charge >= 0.3 is 0 Å². The fourth-order valence-corrected chi connectivity index (χ4v) is 5.43. The van der Waals surface area contributed by atoms with Gasteiger partial charge in [0.15, 0.2) is 0 Å².